The molecule has 120 valence electrons. The molecule has 5 nitrogen and oxygen atoms in total. The minimum absolute atomic E-state index is 0.0800. The maximum absolute atomic E-state index is 12.3. The zero-order valence-electron chi connectivity index (χ0n) is 13.6. The van der Waals surface area contributed by atoms with Crippen LogP contribution in [0.15, 0.2) is 18.2 Å². The van der Waals surface area contributed by atoms with Gasteiger partial charge < -0.3 is 15.5 Å². The third-order valence-corrected chi connectivity index (χ3v) is 3.79. The summed E-state index contributed by atoms with van der Waals surface area (Å²) in [6, 6.07) is 5.22. The molecule has 1 aliphatic heterocycles. The van der Waals surface area contributed by atoms with Crippen LogP contribution in [0.4, 0.5) is 10.5 Å². The van der Waals surface area contributed by atoms with Crippen LogP contribution in [0.5, 0.6) is 0 Å². The number of amides is 3. The van der Waals surface area contributed by atoms with Crippen molar-refractivity contribution in [1.29, 1.82) is 0 Å². The molecule has 2 rings (SSSR count). The second-order valence-corrected chi connectivity index (χ2v) is 6.26. The number of anilines is 1. The zero-order valence-corrected chi connectivity index (χ0v) is 13.6. The van der Waals surface area contributed by atoms with Crippen LogP contribution in [0, 0.1) is 12.8 Å². The van der Waals surface area contributed by atoms with Crippen LogP contribution >= 0.6 is 0 Å². The molecule has 1 heterocycles. The molecule has 0 radical (unpaired) electrons. The van der Waals surface area contributed by atoms with Crippen molar-refractivity contribution in [3.8, 4) is 0 Å². The Kier molecular flexibility index (Phi) is 5.41. The third kappa shape index (κ3) is 4.23. The van der Waals surface area contributed by atoms with E-state index in [2.05, 4.69) is 10.6 Å². The molecule has 1 aromatic rings. The Hall–Kier alpha value is -2.04. The highest BCUT2D eigenvalue weighted by Gasteiger charge is 2.19. The fraction of sp³-hybridized carbons (Fsp3) is 0.529. The number of benzene rings is 1. The number of aryl methyl sites for hydroxylation is 1. The average molecular weight is 303 g/mol. The normalized spacial score (nSPS) is 14.3. The number of urea groups is 1. The molecule has 5 heteroatoms. The van der Waals surface area contributed by atoms with Crippen LogP contribution in [0.1, 0.15) is 42.6 Å². The van der Waals surface area contributed by atoms with Crippen LogP contribution in [-0.4, -0.2) is 36.5 Å². The first-order valence-corrected chi connectivity index (χ1v) is 7.92. The quantitative estimate of drug-likeness (QED) is 0.898. The second kappa shape index (κ2) is 7.29. The zero-order chi connectivity index (χ0) is 16.1. The highest BCUT2D eigenvalue weighted by Crippen LogP contribution is 2.19. The lowest BCUT2D eigenvalue weighted by Gasteiger charge is -2.16. The summed E-state index contributed by atoms with van der Waals surface area (Å²) >= 11 is 0. The van der Waals surface area contributed by atoms with Gasteiger partial charge >= 0.3 is 6.03 Å². The fourth-order valence-corrected chi connectivity index (χ4v) is 2.50. The molecule has 2 N–H and O–H groups in total. The molecule has 22 heavy (non-hydrogen) atoms. The van der Waals surface area contributed by atoms with Crippen molar-refractivity contribution in [2.24, 2.45) is 5.92 Å². The molecule has 3 amide bonds. The van der Waals surface area contributed by atoms with Crippen molar-refractivity contribution in [1.82, 2.24) is 10.2 Å². The summed E-state index contributed by atoms with van der Waals surface area (Å²) in [6.45, 7) is 8.31. The Labute approximate surface area is 132 Å². The molecule has 0 aliphatic carbocycles. The van der Waals surface area contributed by atoms with Gasteiger partial charge in [0.1, 0.15) is 0 Å². The first-order valence-electron chi connectivity index (χ1n) is 7.92. The largest absolute Gasteiger partial charge is 0.339 e. The van der Waals surface area contributed by atoms with Gasteiger partial charge in [-0.25, -0.2) is 4.79 Å². The van der Waals surface area contributed by atoms with Crippen LogP contribution in [0.25, 0.3) is 0 Å². The van der Waals surface area contributed by atoms with E-state index in [1.165, 1.54) is 0 Å². The predicted octanol–water partition coefficient (Wildman–Crippen LogP) is 3.01. The van der Waals surface area contributed by atoms with E-state index in [9.17, 15) is 9.59 Å². The Morgan fingerprint density at radius 3 is 2.50 bits per heavy atom. The molecule has 0 unspecified atom stereocenters. The summed E-state index contributed by atoms with van der Waals surface area (Å²) in [4.78, 5) is 26.0. The number of hydrogen-bond acceptors (Lipinski definition) is 2. The van der Waals surface area contributed by atoms with Crippen molar-refractivity contribution < 1.29 is 9.59 Å². The Balaban J connectivity index is 2.00. The van der Waals surface area contributed by atoms with E-state index >= 15 is 0 Å². The van der Waals surface area contributed by atoms with Crippen molar-refractivity contribution in [2.75, 3.05) is 25.0 Å². The molecule has 1 fully saturated rings. The molecule has 0 bridgehead atoms. The van der Waals surface area contributed by atoms with E-state index in [1.807, 2.05) is 31.7 Å². The lowest BCUT2D eigenvalue weighted by atomic mass is 10.1. The van der Waals surface area contributed by atoms with Gasteiger partial charge in [0.2, 0.25) is 0 Å². The first kappa shape index (κ1) is 16.3. The standard InChI is InChI=1S/C17H25N3O2/c1-12(2)11-18-17(22)19-15-7-6-14(10-13(15)3)16(21)20-8-4-5-9-20/h6-7,10,12H,4-5,8-9,11H2,1-3H3,(H2,18,19,22). The number of nitrogens with one attached hydrogen (secondary N) is 2. The summed E-state index contributed by atoms with van der Waals surface area (Å²) in [5.74, 6) is 0.490. The fourth-order valence-electron chi connectivity index (χ4n) is 2.50. The van der Waals surface area contributed by atoms with E-state index in [4.69, 9.17) is 0 Å². The molecule has 1 saturated heterocycles. The molecular formula is C17H25N3O2. The number of hydrogen-bond donors (Lipinski definition) is 2. The monoisotopic (exact) mass is 303 g/mol. The molecule has 0 saturated carbocycles. The molecule has 1 aliphatic rings. The number of nitrogens with zero attached hydrogens (tertiary/aromatic N) is 1. The summed E-state index contributed by atoms with van der Waals surface area (Å²) in [5, 5.41) is 5.64. The predicted molar refractivity (Wildman–Crippen MR) is 88.2 cm³/mol. The van der Waals surface area contributed by atoms with Crippen molar-refractivity contribution in [3.05, 3.63) is 29.3 Å². The van der Waals surface area contributed by atoms with E-state index in [0.717, 1.165) is 37.2 Å². The Bertz CT molecular complexity index is 549. The number of carbonyl (C=O) groups is 2. The Morgan fingerprint density at radius 1 is 1.23 bits per heavy atom. The SMILES string of the molecule is Cc1cc(C(=O)N2CCCC2)ccc1NC(=O)NCC(C)C. The van der Waals surface area contributed by atoms with Crippen molar-refractivity contribution in [3.63, 3.8) is 0 Å². The summed E-state index contributed by atoms with van der Waals surface area (Å²) in [5.41, 5.74) is 2.32. The molecule has 0 spiro atoms. The van der Waals surface area contributed by atoms with Gasteiger partial charge in [-0.3, -0.25) is 4.79 Å². The van der Waals surface area contributed by atoms with Gasteiger partial charge in [-0.15, -0.1) is 0 Å². The van der Waals surface area contributed by atoms with Crippen LogP contribution in [-0.2, 0) is 0 Å². The third-order valence-electron chi connectivity index (χ3n) is 3.79. The molecule has 0 aromatic heterocycles. The highest BCUT2D eigenvalue weighted by molar-refractivity contribution is 5.96. The van der Waals surface area contributed by atoms with E-state index in [1.54, 1.807) is 12.1 Å². The van der Waals surface area contributed by atoms with Gasteiger partial charge in [-0.05, 0) is 49.4 Å². The maximum Gasteiger partial charge on any atom is 0.319 e. The van der Waals surface area contributed by atoms with E-state index in [0.29, 0.717) is 18.0 Å². The van der Waals surface area contributed by atoms with E-state index in [-0.39, 0.29) is 11.9 Å². The summed E-state index contributed by atoms with van der Waals surface area (Å²) in [7, 11) is 0. The van der Waals surface area contributed by atoms with Gasteiger partial charge in [-0.1, -0.05) is 13.8 Å². The van der Waals surface area contributed by atoms with Crippen molar-refractivity contribution in [2.45, 2.75) is 33.6 Å². The molecule has 1 aromatic carbocycles. The van der Waals surface area contributed by atoms with Crippen LogP contribution < -0.4 is 10.6 Å². The van der Waals surface area contributed by atoms with Crippen LogP contribution in [0.3, 0.4) is 0 Å². The summed E-state index contributed by atoms with van der Waals surface area (Å²) < 4.78 is 0. The number of carbonyl (C=O) groups excluding carboxylic acids is 2. The maximum atomic E-state index is 12.3. The lowest BCUT2D eigenvalue weighted by molar-refractivity contribution is 0.0792. The molecular weight excluding hydrogens is 278 g/mol. The second-order valence-electron chi connectivity index (χ2n) is 6.26. The highest BCUT2D eigenvalue weighted by atomic mass is 16.2. The average Bonchev–Trinajstić information content (AvgIpc) is 3.00. The Morgan fingerprint density at radius 2 is 1.91 bits per heavy atom. The minimum Gasteiger partial charge on any atom is -0.339 e. The number of likely N-dealkylation sites (tertiary alicyclic amines) is 1. The first-order chi connectivity index (χ1) is 10.5. The smallest absolute Gasteiger partial charge is 0.319 e. The topological polar surface area (TPSA) is 61.4 Å². The van der Waals surface area contributed by atoms with Crippen LogP contribution in [0.2, 0.25) is 0 Å². The van der Waals surface area contributed by atoms with Crippen molar-refractivity contribution >= 4 is 17.6 Å². The lowest BCUT2D eigenvalue weighted by Crippen LogP contribution is -2.32. The van der Waals surface area contributed by atoms with Gasteiger partial charge in [0.05, 0.1) is 0 Å². The molecule has 0 atom stereocenters. The van der Waals surface area contributed by atoms with E-state index < -0.39 is 0 Å². The number of rotatable bonds is 4. The van der Waals surface area contributed by atoms with Gasteiger partial charge in [-0.2, -0.15) is 0 Å². The van der Waals surface area contributed by atoms with Gasteiger partial charge in [0.25, 0.3) is 5.91 Å². The summed E-state index contributed by atoms with van der Waals surface area (Å²) in [6.07, 6.45) is 2.17. The van der Waals surface area contributed by atoms with Gasteiger partial charge in [0.15, 0.2) is 0 Å². The van der Waals surface area contributed by atoms with Gasteiger partial charge in [0, 0.05) is 30.9 Å². The minimum atomic E-state index is -0.213.